The Bertz CT molecular complexity index is 310. The zero-order chi connectivity index (χ0) is 9.84. The number of hydrogen-bond donors (Lipinski definition) is 1. The lowest BCUT2D eigenvalue weighted by Gasteiger charge is -2.05. The van der Waals surface area contributed by atoms with Crippen molar-refractivity contribution in [2.75, 3.05) is 0 Å². The van der Waals surface area contributed by atoms with Crippen LogP contribution >= 0.6 is 0 Å². The van der Waals surface area contributed by atoms with E-state index >= 15 is 0 Å². The average Bonchev–Trinajstić information content (AvgIpc) is 2.09. The molecule has 3 heteroatoms. The maximum absolute atomic E-state index is 12.5. The van der Waals surface area contributed by atoms with Gasteiger partial charge >= 0.3 is 0 Å². The van der Waals surface area contributed by atoms with Gasteiger partial charge in [0.1, 0.15) is 17.9 Å². The molecule has 13 heavy (non-hydrogen) atoms. The first-order valence-electron chi connectivity index (χ1n) is 4.06. The van der Waals surface area contributed by atoms with E-state index in [2.05, 4.69) is 0 Å². The number of phenols is 1. The second-order valence-corrected chi connectivity index (χ2v) is 3.09. The van der Waals surface area contributed by atoms with Crippen molar-refractivity contribution in [1.29, 1.82) is 0 Å². The van der Waals surface area contributed by atoms with E-state index in [1.54, 1.807) is 6.92 Å². The second-order valence-electron chi connectivity index (χ2n) is 3.09. The number of aldehydes is 1. The number of hydrogen-bond acceptors (Lipinski definition) is 2. The molecule has 0 heterocycles. The Morgan fingerprint density at radius 3 is 2.85 bits per heavy atom. The molecule has 0 aliphatic carbocycles. The van der Waals surface area contributed by atoms with Crippen molar-refractivity contribution >= 4 is 6.29 Å². The molecule has 1 atom stereocenters. The highest BCUT2D eigenvalue weighted by Crippen LogP contribution is 2.20. The number of carbonyl (C=O) groups excluding carboxylic acids is 1. The normalized spacial score (nSPS) is 12.5. The molecule has 0 radical (unpaired) electrons. The predicted molar refractivity (Wildman–Crippen MR) is 47.0 cm³/mol. The van der Waals surface area contributed by atoms with Gasteiger partial charge in [0.15, 0.2) is 0 Å². The maximum Gasteiger partial charge on any atom is 0.126 e. The van der Waals surface area contributed by atoms with Gasteiger partial charge in [-0.1, -0.05) is 13.0 Å². The summed E-state index contributed by atoms with van der Waals surface area (Å²) in [5.41, 5.74) is 0.598. The van der Waals surface area contributed by atoms with Crippen LogP contribution in [0.4, 0.5) is 4.39 Å². The largest absolute Gasteiger partial charge is 0.508 e. The summed E-state index contributed by atoms with van der Waals surface area (Å²) in [7, 11) is 0. The summed E-state index contributed by atoms with van der Waals surface area (Å²) >= 11 is 0. The molecule has 0 aliphatic heterocycles. The fraction of sp³-hybridized carbons (Fsp3) is 0.300. The monoisotopic (exact) mass is 182 g/mol. The van der Waals surface area contributed by atoms with Gasteiger partial charge < -0.3 is 9.90 Å². The van der Waals surface area contributed by atoms with Crippen molar-refractivity contribution in [3.63, 3.8) is 0 Å². The van der Waals surface area contributed by atoms with E-state index < -0.39 is 5.82 Å². The van der Waals surface area contributed by atoms with Crippen LogP contribution in [0.3, 0.4) is 0 Å². The minimum absolute atomic E-state index is 0.0892. The number of halogens is 1. The third kappa shape index (κ3) is 2.54. The highest BCUT2D eigenvalue weighted by atomic mass is 19.1. The fourth-order valence-corrected chi connectivity index (χ4v) is 1.10. The van der Waals surface area contributed by atoms with Gasteiger partial charge in [-0.15, -0.1) is 0 Å². The van der Waals surface area contributed by atoms with E-state index in [4.69, 9.17) is 0 Å². The minimum Gasteiger partial charge on any atom is -0.508 e. The molecular formula is C10H11FO2. The number of rotatable bonds is 3. The van der Waals surface area contributed by atoms with Crippen molar-refractivity contribution in [2.45, 2.75) is 13.3 Å². The fourth-order valence-electron chi connectivity index (χ4n) is 1.10. The molecule has 0 bridgehead atoms. The third-order valence-corrected chi connectivity index (χ3v) is 1.82. The standard InChI is InChI=1S/C10H11FO2/c1-7(6-12)4-8-2-3-9(11)5-10(8)13/h2-3,5-7,13H,4H2,1H3. The SMILES string of the molecule is CC(C=O)Cc1ccc(F)cc1O. The van der Waals surface area contributed by atoms with Crippen LogP contribution in [-0.4, -0.2) is 11.4 Å². The first kappa shape index (κ1) is 9.71. The number of aromatic hydroxyl groups is 1. The summed E-state index contributed by atoms with van der Waals surface area (Å²) in [4.78, 5) is 10.3. The van der Waals surface area contributed by atoms with Gasteiger partial charge in [-0.3, -0.25) is 0 Å². The lowest BCUT2D eigenvalue weighted by Crippen LogP contribution is -2.00. The number of benzene rings is 1. The lowest BCUT2D eigenvalue weighted by atomic mass is 10.0. The minimum atomic E-state index is -0.472. The molecule has 0 fully saturated rings. The van der Waals surface area contributed by atoms with Gasteiger partial charge in [0, 0.05) is 12.0 Å². The van der Waals surface area contributed by atoms with Crippen LogP contribution in [0.2, 0.25) is 0 Å². The van der Waals surface area contributed by atoms with Crippen LogP contribution in [0.1, 0.15) is 12.5 Å². The molecule has 1 N–H and O–H groups in total. The predicted octanol–water partition coefficient (Wildman–Crippen LogP) is 1.91. The molecule has 1 unspecified atom stereocenters. The Hall–Kier alpha value is -1.38. The van der Waals surface area contributed by atoms with E-state index in [1.807, 2.05) is 0 Å². The lowest BCUT2D eigenvalue weighted by molar-refractivity contribution is -0.110. The Morgan fingerprint density at radius 1 is 1.62 bits per heavy atom. The first-order valence-corrected chi connectivity index (χ1v) is 4.06. The molecule has 0 saturated heterocycles. The Balaban J connectivity index is 2.83. The molecule has 1 aromatic rings. The third-order valence-electron chi connectivity index (χ3n) is 1.82. The van der Waals surface area contributed by atoms with Crippen molar-refractivity contribution in [1.82, 2.24) is 0 Å². The van der Waals surface area contributed by atoms with Gasteiger partial charge in [-0.2, -0.15) is 0 Å². The molecule has 1 aromatic carbocycles. The molecule has 0 saturated carbocycles. The average molecular weight is 182 g/mol. The maximum atomic E-state index is 12.5. The summed E-state index contributed by atoms with van der Waals surface area (Å²) in [5.74, 6) is -0.718. The van der Waals surface area contributed by atoms with Crippen molar-refractivity contribution in [3.05, 3.63) is 29.6 Å². The van der Waals surface area contributed by atoms with Crippen molar-refractivity contribution < 1.29 is 14.3 Å². The topological polar surface area (TPSA) is 37.3 Å². The van der Waals surface area contributed by atoms with E-state index in [9.17, 15) is 14.3 Å². The molecule has 70 valence electrons. The van der Waals surface area contributed by atoms with Gasteiger partial charge in [-0.25, -0.2) is 4.39 Å². The van der Waals surface area contributed by atoms with Crippen molar-refractivity contribution in [2.24, 2.45) is 5.92 Å². The molecule has 0 aromatic heterocycles. The zero-order valence-corrected chi connectivity index (χ0v) is 7.33. The highest BCUT2D eigenvalue weighted by molar-refractivity contribution is 5.54. The van der Waals surface area contributed by atoms with Crippen LogP contribution in [0.15, 0.2) is 18.2 Å². The van der Waals surface area contributed by atoms with E-state index in [1.165, 1.54) is 12.1 Å². The summed E-state index contributed by atoms with van der Waals surface area (Å²) in [6.07, 6.45) is 1.25. The quantitative estimate of drug-likeness (QED) is 0.725. The summed E-state index contributed by atoms with van der Waals surface area (Å²) in [6.45, 7) is 1.75. The van der Waals surface area contributed by atoms with E-state index in [0.29, 0.717) is 12.0 Å². The number of phenolic OH excluding ortho intramolecular Hbond substituents is 1. The molecule has 0 amide bonds. The van der Waals surface area contributed by atoms with Gasteiger partial charge in [0.2, 0.25) is 0 Å². The highest BCUT2D eigenvalue weighted by Gasteiger charge is 2.06. The summed E-state index contributed by atoms with van der Waals surface area (Å²) < 4.78 is 12.5. The van der Waals surface area contributed by atoms with Gasteiger partial charge in [0.25, 0.3) is 0 Å². The van der Waals surface area contributed by atoms with Crippen LogP contribution in [0.5, 0.6) is 5.75 Å². The van der Waals surface area contributed by atoms with E-state index in [0.717, 1.165) is 12.4 Å². The van der Waals surface area contributed by atoms with Gasteiger partial charge in [0.05, 0.1) is 0 Å². The Labute approximate surface area is 76.0 Å². The molecular weight excluding hydrogens is 171 g/mol. The smallest absolute Gasteiger partial charge is 0.126 e. The molecule has 1 rings (SSSR count). The first-order chi connectivity index (χ1) is 6.13. The second kappa shape index (κ2) is 4.03. The summed E-state index contributed by atoms with van der Waals surface area (Å²) in [5, 5.41) is 9.28. The van der Waals surface area contributed by atoms with Crippen LogP contribution in [0.25, 0.3) is 0 Å². The molecule has 0 aliphatic rings. The number of carbonyl (C=O) groups is 1. The Kier molecular flexibility index (Phi) is 3.01. The zero-order valence-electron chi connectivity index (χ0n) is 7.33. The van der Waals surface area contributed by atoms with E-state index in [-0.39, 0.29) is 11.7 Å². The Morgan fingerprint density at radius 2 is 2.31 bits per heavy atom. The van der Waals surface area contributed by atoms with Crippen LogP contribution in [0, 0.1) is 11.7 Å². The molecule has 0 spiro atoms. The van der Waals surface area contributed by atoms with Crippen LogP contribution < -0.4 is 0 Å². The summed E-state index contributed by atoms with van der Waals surface area (Å²) in [6, 6.07) is 3.81. The van der Waals surface area contributed by atoms with Crippen molar-refractivity contribution in [3.8, 4) is 5.75 Å². The van der Waals surface area contributed by atoms with Gasteiger partial charge in [-0.05, 0) is 18.1 Å². The van der Waals surface area contributed by atoms with Crippen LogP contribution in [-0.2, 0) is 11.2 Å². The molecule has 2 nitrogen and oxygen atoms in total.